The first-order chi connectivity index (χ1) is 13.1. The Bertz CT molecular complexity index is 765. The maximum atomic E-state index is 13.3. The number of hydrogen-bond donors (Lipinski definition) is 1. The predicted octanol–water partition coefficient (Wildman–Crippen LogP) is 3.60. The number of carbonyl (C=O) groups is 2. The van der Waals surface area contributed by atoms with E-state index in [0.717, 1.165) is 38.5 Å². The van der Waals surface area contributed by atoms with E-state index in [-0.39, 0.29) is 11.9 Å². The molecular weight excluding hydrogens is 338 g/mol. The Labute approximate surface area is 161 Å². The largest absolute Gasteiger partial charge is 0.326 e. The molecule has 0 radical (unpaired) electrons. The van der Waals surface area contributed by atoms with Gasteiger partial charge in [0.2, 0.25) is 0 Å². The van der Waals surface area contributed by atoms with E-state index in [2.05, 4.69) is 41.4 Å². The van der Waals surface area contributed by atoms with Crippen LogP contribution in [-0.4, -0.2) is 40.0 Å². The number of nitrogens with zero attached hydrogens (tertiary/aromatic N) is 2. The SMILES string of the molecule is CC1CCC2(CC1)NC(=O)N(CN(C1CC1)C1CCc3ccccc31)C2=O. The van der Waals surface area contributed by atoms with Gasteiger partial charge in [0.15, 0.2) is 0 Å². The third-order valence-electron chi connectivity index (χ3n) is 7.20. The molecule has 3 amide bonds. The zero-order valence-corrected chi connectivity index (χ0v) is 16.1. The van der Waals surface area contributed by atoms with Crippen LogP contribution in [0.3, 0.4) is 0 Å². The van der Waals surface area contributed by atoms with E-state index in [0.29, 0.717) is 24.7 Å². The van der Waals surface area contributed by atoms with Crippen molar-refractivity contribution < 1.29 is 9.59 Å². The standard InChI is InChI=1S/C22H29N3O2/c1-15-10-12-22(13-11-15)20(26)25(21(27)23-22)14-24(17-7-8-17)19-9-6-16-4-2-3-5-18(16)19/h2-5,15,17,19H,6-14H2,1H3,(H,23,27). The van der Waals surface area contributed by atoms with Crippen LogP contribution in [-0.2, 0) is 11.2 Å². The number of nitrogens with one attached hydrogen (secondary N) is 1. The Morgan fingerprint density at radius 1 is 1.11 bits per heavy atom. The average molecular weight is 367 g/mol. The van der Waals surface area contributed by atoms with Crippen molar-refractivity contribution >= 4 is 11.9 Å². The Hall–Kier alpha value is -1.88. The lowest BCUT2D eigenvalue weighted by molar-refractivity contribution is -0.134. The highest BCUT2D eigenvalue weighted by Gasteiger charge is 2.53. The quantitative estimate of drug-likeness (QED) is 0.828. The van der Waals surface area contributed by atoms with Crippen molar-refractivity contribution in [1.29, 1.82) is 0 Å². The predicted molar refractivity (Wildman–Crippen MR) is 103 cm³/mol. The first-order valence-electron chi connectivity index (χ1n) is 10.5. The van der Waals surface area contributed by atoms with Gasteiger partial charge in [-0.2, -0.15) is 0 Å². The van der Waals surface area contributed by atoms with Crippen molar-refractivity contribution in [3.05, 3.63) is 35.4 Å². The van der Waals surface area contributed by atoms with Crippen LogP contribution in [0, 0.1) is 5.92 Å². The molecule has 5 rings (SSSR count). The summed E-state index contributed by atoms with van der Waals surface area (Å²) in [6.07, 6.45) is 8.12. The van der Waals surface area contributed by atoms with Gasteiger partial charge in [-0.3, -0.25) is 9.69 Å². The van der Waals surface area contributed by atoms with Crippen LogP contribution in [0.1, 0.15) is 69.0 Å². The zero-order valence-electron chi connectivity index (χ0n) is 16.1. The van der Waals surface area contributed by atoms with Gasteiger partial charge in [0.05, 0.1) is 6.67 Å². The van der Waals surface area contributed by atoms with E-state index in [1.54, 1.807) is 0 Å². The number of benzene rings is 1. The molecule has 1 heterocycles. The molecule has 4 aliphatic rings. The Kier molecular flexibility index (Phi) is 4.04. The first-order valence-corrected chi connectivity index (χ1v) is 10.5. The second kappa shape index (κ2) is 6.33. The van der Waals surface area contributed by atoms with Crippen LogP contribution in [0.25, 0.3) is 0 Å². The zero-order chi connectivity index (χ0) is 18.6. The van der Waals surface area contributed by atoms with Gasteiger partial charge in [-0.15, -0.1) is 0 Å². The number of carbonyl (C=O) groups excluding carboxylic acids is 2. The number of hydrogen-bond acceptors (Lipinski definition) is 3. The minimum Gasteiger partial charge on any atom is -0.323 e. The van der Waals surface area contributed by atoms with Gasteiger partial charge in [0, 0.05) is 12.1 Å². The third kappa shape index (κ3) is 2.87. The Morgan fingerprint density at radius 3 is 2.59 bits per heavy atom. The summed E-state index contributed by atoms with van der Waals surface area (Å²) < 4.78 is 0. The van der Waals surface area contributed by atoms with E-state index >= 15 is 0 Å². The summed E-state index contributed by atoms with van der Waals surface area (Å²) in [6, 6.07) is 9.29. The lowest BCUT2D eigenvalue weighted by atomic mass is 9.77. The molecular formula is C22H29N3O2. The summed E-state index contributed by atoms with van der Waals surface area (Å²) >= 11 is 0. The fourth-order valence-corrected chi connectivity index (χ4v) is 5.32. The summed E-state index contributed by atoms with van der Waals surface area (Å²) in [6.45, 7) is 2.67. The van der Waals surface area contributed by atoms with Gasteiger partial charge >= 0.3 is 6.03 Å². The van der Waals surface area contributed by atoms with Crippen molar-refractivity contribution in [2.75, 3.05) is 6.67 Å². The topological polar surface area (TPSA) is 52.7 Å². The van der Waals surface area contributed by atoms with E-state index < -0.39 is 5.54 Å². The van der Waals surface area contributed by atoms with Gasteiger partial charge in [-0.25, -0.2) is 9.69 Å². The monoisotopic (exact) mass is 367 g/mol. The molecule has 27 heavy (non-hydrogen) atoms. The van der Waals surface area contributed by atoms with Crippen LogP contribution in [0.4, 0.5) is 4.79 Å². The molecule has 1 spiro atoms. The maximum Gasteiger partial charge on any atom is 0.326 e. The molecule has 144 valence electrons. The van der Waals surface area contributed by atoms with Gasteiger partial charge in [-0.1, -0.05) is 31.2 Å². The fraction of sp³-hybridized carbons (Fsp3) is 0.636. The van der Waals surface area contributed by atoms with E-state index in [1.807, 2.05) is 0 Å². The van der Waals surface area contributed by atoms with Crippen LogP contribution in [0.2, 0.25) is 0 Å². The number of rotatable bonds is 4. The van der Waals surface area contributed by atoms with Crippen LogP contribution < -0.4 is 5.32 Å². The molecule has 5 heteroatoms. The fourth-order valence-electron chi connectivity index (χ4n) is 5.32. The molecule has 1 saturated heterocycles. The molecule has 1 N–H and O–H groups in total. The van der Waals surface area contributed by atoms with Gasteiger partial charge in [0.1, 0.15) is 5.54 Å². The average Bonchev–Trinajstić information content (AvgIpc) is 3.38. The number of fused-ring (bicyclic) bond motifs is 1. The summed E-state index contributed by atoms with van der Waals surface area (Å²) in [5.74, 6) is 0.656. The molecule has 0 bridgehead atoms. The van der Waals surface area contributed by atoms with Crippen molar-refractivity contribution in [2.24, 2.45) is 5.92 Å². The summed E-state index contributed by atoms with van der Waals surface area (Å²) in [5.41, 5.74) is 2.17. The number of imide groups is 1. The highest BCUT2D eigenvalue weighted by Crippen LogP contribution is 2.43. The second-order valence-electron chi connectivity index (χ2n) is 9.07. The molecule has 3 aliphatic carbocycles. The third-order valence-corrected chi connectivity index (χ3v) is 7.20. The molecule has 5 nitrogen and oxygen atoms in total. The van der Waals surface area contributed by atoms with E-state index in [9.17, 15) is 9.59 Å². The number of aryl methyl sites for hydroxylation is 1. The second-order valence-corrected chi connectivity index (χ2v) is 9.07. The molecule has 2 saturated carbocycles. The van der Waals surface area contributed by atoms with Crippen LogP contribution in [0.5, 0.6) is 0 Å². The summed E-state index contributed by atoms with van der Waals surface area (Å²) in [5, 5.41) is 3.07. The lowest BCUT2D eigenvalue weighted by Gasteiger charge is -2.35. The van der Waals surface area contributed by atoms with Crippen LogP contribution >= 0.6 is 0 Å². The molecule has 0 aromatic heterocycles. The van der Waals surface area contributed by atoms with Gasteiger partial charge in [-0.05, 0) is 68.4 Å². The normalized spacial score (nSPS) is 33.0. The molecule has 1 aromatic carbocycles. The minimum absolute atomic E-state index is 0.0105. The maximum absolute atomic E-state index is 13.3. The smallest absolute Gasteiger partial charge is 0.323 e. The summed E-state index contributed by atoms with van der Waals surface area (Å²) in [4.78, 5) is 29.9. The number of urea groups is 1. The van der Waals surface area contributed by atoms with Crippen molar-refractivity contribution in [3.63, 3.8) is 0 Å². The summed E-state index contributed by atoms with van der Waals surface area (Å²) in [7, 11) is 0. The number of amides is 3. The minimum atomic E-state index is -0.633. The first kappa shape index (κ1) is 17.2. The Morgan fingerprint density at radius 2 is 1.85 bits per heavy atom. The highest BCUT2D eigenvalue weighted by atomic mass is 16.2. The van der Waals surface area contributed by atoms with Crippen LogP contribution in [0.15, 0.2) is 24.3 Å². The van der Waals surface area contributed by atoms with Gasteiger partial charge in [0.25, 0.3) is 5.91 Å². The van der Waals surface area contributed by atoms with E-state index in [1.165, 1.54) is 28.9 Å². The van der Waals surface area contributed by atoms with Gasteiger partial charge < -0.3 is 5.32 Å². The van der Waals surface area contributed by atoms with E-state index in [4.69, 9.17) is 0 Å². The lowest BCUT2D eigenvalue weighted by Crippen LogP contribution is -2.50. The van der Waals surface area contributed by atoms with Crippen molar-refractivity contribution in [1.82, 2.24) is 15.1 Å². The molecule has 3 fully saturated rings. The molecule has 1 unspecified atom stereocenters. The molecule has 1 aliphatic heterocycles. The molecule has 1 aromatic rings. The Balaban J connectivity index is 1.37. The highest BCUT2D eigenvalue weighted by molar-refractivity contribution is 6.07. The van der Waals surface area contributed by atoms with Crippen molar-refractivity contribution in [3.8, 4) is 0 Å². The molecule has 1 atom stereocenters. The van der Waals surface area contributed by atoms with Crippen molar-refractivity contribution in [2.45, 2.75) is 75.9 Å².